The zero-order chi connectivity index (χ0) is 10.3. The maximum absolute atomic E-state index is 10.9. The van der Waals surface area contributed by atoms with Gasteiger partial charge in [-0.05, 0) is 20.3 Å². The molecule has 0 heterocycles. The van der Waals surface area contributed by atoms with E-state index in [0.717, 1.165) is 6.42 Å². The summed E-state index contributed by atoms with van der Waals surface area (Å²) in [4.78, 5) is 10.9. The van der Waals surface area contributed by atoms with Crippen LogP contribution in [-0.2, 0) is 4.79 Å². The highest BCUT2D eigenvalue weighted by Gasteiger charge is 2.30. The van der Waals surface area contributed by atoms with E-state index in [4.69, 9.17) is 5.11 Å². The lowest BCUT2D eigenvalue weighted by Crippen LogP contribution is -2.49. The second-order valence-corrected chi connectivity index (χ2v) is 3.34. The third-order valence-electron chi connectivity index (χ3n) is 2.07. The first kappa shape index (κ1) is 12.2. The summed E-state index contributed by atoms with van der Waals surface area (Å²) >= 11 is 0. The van der Waals surface area contributed by atoms with E-state index >= 15 is 0 Å². The number of carboxylic acids is 1. The zero-order valence-electron chi connectivity index (χ0n) is 8.63. The second kappa shape index (κ2) is 5.75. The fourth-order valence-electron chi connectivity index (χ4n) is 1.17. The summed E-state index contributed by atoms with van der Waals surface area (Å²) in [6, 6.07) is 0. The molecular formula is C10H19NO2. The Morgan fingerprint density at radius 1 is 1.62 bits per heavy atom. The van der Waals surface area contributed by atoms with Gasteiger partial charge in [-0.2, -0.15) is 0 Å². The lowest BCUT2D eigenvalue weighted by atomic mass is 9.96. The van der Waals surface area contributed by atoms with Gasteiger partial charge in [0.25, 0.3) is 0 Å². The Hall–Kier alpha value is -0.830. The largest absolute Gasteiger partial charge is 0.480 e. The molecule has 0 aliphatic heterocycles. The number of hydrogen-bond donors (Lipinski definition) is 2. The Labute approximate surface area is 79.8 Å². The van der Waals surface area contributed by atoms with Crippen molar-refractivity contribution in [3.05, 3.63) is 12.2 Å². The quantitative estimate of drug-likeness (QED) is 0.620. The smallest absolute Gasteiger partial charge is 0.323 e. The third-order valence-corrected chi connectivity index (χ3v) is 2.07. The normalized spacial score (nSPS) is 15.9. The summed E-state index contributed by atoms with van der Waals surface area (Å²) in [6.45, 7) is 6.24. The number of hydrogen-bond acceptors (Lipinski definition) is 2. The van der Waals surface area contributed by atoms with Crippen LogP contribution in [0.3, 0.4) is 0 Å². The molecule has 0 saturated heterocycles. The molecule has 0 fully saturated rings. The average Bonchev–Trinajstić information content (AvgIpc) is 2.05. The first-order chi connectivity index (χ1) is 6.06. The molecule has 3 nitrogen and oxygen atoms in total. The lowest BCUT2D eigenvalue weighted by Gasteiger charge is -2.25. The molecule has 3 heteroatoms. The van der Waals surface area contributed by atoms with Crippen LogP contribution < -0.4 is 5.32 Å². The molecule has 0 saturated carbocycles. The standard InChI is InChI=1S/C10H19NO2/c1-4-6-8-11-10(3,7-5-2)9(12)13/h4,6,11H,5,7-8H2,1-3H3,(H,12,13)/b6-4+. The van der Waals surface area contributed by atoms with Crippen LogP contribution in [-0.4, -0.2) is 23.2 Å². The minimum atomic E-state index is -0.783. The van der Waals surface area contributed by atoms with Crippen LogP contribution in [0.25, 0.3) is 0 Å². The number of carbonyl (C=O) groups is 1. The number of carboxylic acid groups (broad SMARTS) is 1. The maximum atomic E-state index is 10.9. The molecule has 0 bridgehead atoms. The van der Waals surface area contributed by atoms with Gasteiger partial charge in [0.2, 0.25) is 0 Å². The molecule has 1 unspecified atom stereocenters. The van der Waals surface area contributed by atoms with E-state index in [-0.39, 0.29) is 0 Å². The van der Waals surface area contributed by atoms with E-state index in [1.807, 2.05) is 26.0 Å². The summed E-state index contributed by atoms with van der Waals surface area (Å²) in [5, 5.41) is 12.0. The molecule has 0 amide bonds. The topological polar surface area (TPSA) is 49.3 Å². The summed E-state index contributed by atoms with van der Waals surface area (Å²) in [5.74, 6) is -0.779. The van der Waals surface area contributed by atoms with Crippen molar-refractivity contribution in [1.82, 2.24) is 5.32 Å². The molecule has 0 spiro atoms. The molecule has 0 aromatic heterocycles. The van der Waals surface area contributed by atoms with Gasteiger partial charge >= 0.3 is 5.97 Å². The van der Waals surface area contributed by atoms with Crippen LogP contribution in [0, 0.1) is 0 Å². The van der Waals surface area contributed by atoms with Gasteiger partial charge in [0, 0.05) is 6.54 Å². The maximum Gasteiger partial charge on any atom is 0.323 e. The van der Waals surface area contributed by atoms with Crippen molar-refractivity contribution in [2.24, 2.45) is 0 Å². The molecular weight excluding hydrogens is 166 g/mol. The van der Waals surface area contributed by atoms with Gasteiger partial charge in [0.15, 0.2) is 0 Å². The Balaban J connectivity index is 4.15. The van der Waals surface area contributed by atoms with Crippen molar-refractivity contribution in [2.45, 2.75) is 39.2 Å². The highest BCUT2D eigenvalue weighted by atomic mass is 16.4. The number of rotatable bonds is 6. The van der Waals surface area contributed by atoms with E-state index in [1.165, 1.54) is 0 Å². The van der Waals surface area contributed by atoms with Gasteiger partial charge in [-0.15, -0.1) is 0 Å². The van der Waals surface area contributed by atoms with Gasteiger partial charge in [-0.25, -0.2) is 0 Å². The minimum absolute atomic E-state index is 0.610. The second-order valence-electron chi connectivity index (χ2n) is 3.34. The summed E-state index contributed by atoms with van der Waals surface area (Å²) < 4.78 is 0. The van der Waals surface area contributed by atoms with Crippen LogP contribution >= 0.6 is 0 Å². The van der Waals surface area contributed by atoms with Crippen LogP contribution in [0.15, 0.2) is 12.2 Å². The van der Waals surface area contributed by atoms with Gasteiger partial charge in [-0.3, -0.25) is 10.1 Å². The summed E-state index contributed by atoms with van der Waals surface area (Å²) in [6.07, 6.45) is 5.34. The first-order valence-electron chi connectivity index (χ1n) is 4.66. The van der Waals surface area contributed by atoms with Crippen LogP contribution in [0.2, 0.25) is 0 Å². The van der Waals surface area contributed by atoms with Crippen molar-refractivity contribution < 1.29 is 9.90 Å². The minimum Gasteiger partial charge on any atom is -0.480 e. The summed E-state index contributed by atoms with van der Waals surface area (Å²) in [7, 11) is 0. The third kappa shape index (κ3) is 4.08. The fourth-order valence-corrected chi connectivity index (χ4v) is 1.17. The van der Waals surface area contributed by atoms with E-state index in [9.17, 15) is 4.79 Å². The van der Waals surface area contributed by atoms with Crippen molar-refractivity contribution >= 4 is 5.97 Å². The van der Waals surface area contributed by atoms with Crippen LogP contribution in [0.5, 0.6) is 0 Å². The fraction of sp³-hybridized carbons (Fsp3) is 0.700. The predicted molar refractivity (Wildman–Crippen MR) is 53.8 cm³/mol. The Morgan fingerprint density at radius 3 is 2.62 bits per heavy atom. The monoisotopic (exact) mass is 185 g/mol. The van der Waals surface area contributed by atoms with Gasteiger partial charge < -0.3 is 5.11 Å². The molecule has 0 aromatic rings. The predicted octanol–water partition coefficient (Wildman–Crippen LogP) is 1.80. The SMILES string of the molecule is C/C=C/CNC(C)(CCC)C(=O)O. The zero-order valence-corrected chi connectivity index (χ0v) is 8.63. The van der Waals surface area contributed by atoms with Gasteiger partial charge in [0.05, 0.1) is 0 Å². The number of allylic oxidation sites excluding steroid dienone is 1. The van der Waals surface area contributed by atoms with E-state index < -0.39 is 11.5 Å². The molecule has 13 heavy (non-hydrogen) atoms. The lowest BCUT2D eigenvalue weighted by molar-refractivity contribution is -0.144. The highest BCUT2D eigenvalue weighted by Crippen LogP contribution is 2.11. The molecule has 0 aliphatic carbocycles. The molecule has 0 rings (SSSR count). The molecule has 76 valence electrons. The Morgan fingerprint density at radius 2 is 2.23 bits per heavy atom. The first-order valence-corrected chi connectivity index (χ1v) is 4.66. The average molecular weight is 185 g/mol. The van der Waals surface area contributed by atoms with E-state index in [1.54, 1.807) is 6.92 Å². The Bertz CT molecular complexity index is 189. The van der Waals surface area contributed by atoms with Crippen molar-refractivity contribution in [2.75, 3.05) is 6.54 Å². The summed E-state index contributed by atoms with van der Waals surface area (Å²) in [5.41, 5.74) is -0.783. The van der Waals surface area contributed by atoms with Gasteiger partial charge in [-0.1, -0.05) is 25.5 Å². The molecule has 0 aromatic carbocycles. The van der Waals surface area contributed by atoms with Gasteiger partial charge in [0.1, 0.15) is 5.54 Å². The molecule has 0 radical (unpaired) electrons. The highest BCUT2D eigenvalue weighted by molar-refractivity contribution is 5.78. The molecule has 1 atom stereocenters. The van der Waals surface area contributed by atoms with Crippen LogP contribution in [0.4, 0.5) is 0 Å². The van der Waals surface area contributed by atoms with Crippen molar-refractivity contribution in [3.8, 4) is 0 Å². The molecule has 2 N–H and O–H groups in total. The Kier molecular flexibility index (Phi) is 5.39. The van der Waals surface area contributed by atoms with E-state index in [2.05, 4.69) is 5.32 Å². The van der Waals surface area contributed by atoms with Crippen molar-refractivity contribution in [3.63, 3.8) is 0 Å². The number of aliphatic carboxylic acids is 1. The van der Waals surface area contributed by atoms with Crippen molar-refractivity contribution in [1.29, 1.82) is 0 Å². The van der Waals surface area contributed by atoms with E-state index in [0.29, 0.717) is 13.0 Å². The van der Waals surface area contributed by atoms with Crippen LogP contribution in [0.1, 0.15) is 33.6 Å². The number of nitrogens with one attached hydrogen (secondary N) is 1. The molecule has 0 aliphatic rings.